The molecule has 2 nitrogen and oxygen atoms in total. The molecule has 2 N–H and O–H groups in total. The van der Waals surface area contributed by atoms with E-state index in [1.807, 2.05) is 6.20 Å². The first kappa shape index (κ1) is 7.59. The van der Waals surface area contributed by atoms with E-state index in [0.29, 0.717) is 5.92 Å². The van der Waals surface area contributed by atoms with Crippen molar-refractivity contribution >= 4 is 5.82 Å². The van der Waals surface area contributed by atoms with Gasteiger partial charge in [0.15, 0.2) is 0 Å². The molecule has 2 rings (SSSR count). The summed E-state index contributed by atoms with van der Waals surface area (Å²) in [5.41, 5.74) is 8.27. The highest BCUT2D eigenvalue weighted by atomic mass is 14.8. The number of aromatic nitrogens is 1. The first-order valence-corrected chi connectivity index (χ1v) is 4.49. The second-order valence-electron chi connectivity index (χ2n) is 3.61. The highest BCUT2D eigenvalue weighted by Crippen LogP contribution is 2.38. The van der Waals surface area contributed by atoms with Crippen molar-refractivity contribution in [1.29, 1.82) is 0 Å². The number of pyridine rings is 1. The van der Waals surface area contributed by atoms with Crippen molar-refractivity contribution in [3.8, 4) is 0 Å². The lowest BCUT2D eigenvalue weighted by molar-refractivity contribution is 0.420. The molecule has 0 aliphatic heterocycles. The lowest BCUT2D eigenvalue weighted by Gasteiger charge is -2.26. The number of hydrogen-bond donors (Lipinski definition) is 1. The van der Waals surface area contributed by atoms with Gasteiger partial charge in [0.2, 0.25) is 0 Å². The molecule has 1 aromatic heterocycles. The monoisotopic (exact) mass is 162 g/mol. The van der Waals surface area contributed by atoms with Gasteiger partial charge in [-0.2, -0.15) is 0 Å². The molecule has 64 valence electrons. The smallest absolute Gasteiger partial charge is 0.126 e. The molecule has 1 fully saturated rings. The number of nitrogen functional groups attached to an aromatic ring is 1. The standard InChI is InChI=1S/C10H14N2/c1-7-5-9(8-3-2-4-8)10(11)12-6-7/h5-6,8H,2-4H2,1H3,(H2,11,12). The fourth-order valence-corrected chi connectivity index (χ4v) is 1.65. The summed E-state index contributed by atoms with van der Waals surface area (Å²) in [4.78, 5) is 4.16. The molecular formula is C10H14N2. The second-order valence-corrected chi connectivity index (χ2v) is 3.61. The largest absolute Gasteiger partial charge is 0.383 e. The van der Waals surface area contributed by atoms with Crippen molar-refractivity contribution < 1.29 is 0 Å². The Labute approximate surface area is 72.8 Å². The molecule has 0 unspecified atom stereocenters. The van der Waals surface area contributed by atoms with Crippen LogP contribution in [-0.4, -0.2) is 4.98 Å². The van der Waals surface area contributed by atoms with Crippen LogP contribution in [0, 0.1) is 6.92 Å². The van der Waals surface area contributed by atoms with Gasteiger partial charge in [-0.1, -0.05) is 12.5 Å². The highest BCUT2D eigenvalue weighted by molar-refractivity contribution is 5.43. The van der Waals surface area contributed by atoms with Crippen LogP contribution in [0.4, 0.5) is 5.82 Å². The second kappa shape index (κ2) is 2.77. The maximum Gasteiger partial charge on any atom is 0.126 e. The van der Waals surface area contributed by atoms with E-state index in [1.54, 1.807) is 0 Å². The van der Waals surface area contributed by atoms with Crippen LogP contribution >= 0.6 is 0 Å². The number of anilines is 1. The van der Waals surface area contributed by atoms with Gasteiger partial charge in [-0.15, -0.1) is 0 Å². The van der Waals surface area contributed by atoms with Crippen LogP contribution < -0.4 is 5.73 Å². The Kier molecular flexibility index (Phi) is 1.75. The molecule has 0 bridgehead atoms. The van der Waals surface area contributed by atoms with Crippen molar-refractivity contribution in [2.75, 3.05) is 5.73 Å². The van der Waals surface area contributed by atoms with Gasteiger partial charge in [-0.3, -0.25) is 0 Å². The van der Waals surface area contributed by atoms with E-state index in [-0.39, 0.29) is 0 Å². The lowest BCUT2D eigenvalue weighted by atomic mass is 9.80. The van der Waals surface area contributed by atoms with Gasteiger partial charge in [0.1, 0.15) is 5.82 Å². The van der Waals surface area contributed by atoms with Gasteiger partial charge >= 0.3 is 0 Å². The Morgan fingerprint density at radius 1 is 1.50 bits per heavy atom. The average molecular weight is 162 g/mol. The summed E-state index contributed by atoms with van der Waals surface area (Å²) in [6.45, 7) is 2.06. The summed E-state index contributed by atoms with van der Waals surface area (Å²) < 4.78 is 0. The van der Waals surface area contributed by atoms with Crippen molar-refractivity contribution in [1.82, 2.24) is 4.98 Å². The molecule has 0 radical (unpaired) electrons. The molecule has 1 aromatic rings. The zero-order valence-electron chi connectivity index (χ0n) is 7.38. The Morgan fingerprint density at radius 2 is 2.25 bits per heavy atom. The third kappa shape index (κ3) is 1.17. The number of rotatable bonds is 1. The minimum atomic E-state index is 0.692. The van der Waals surface area contributed by atoms with E-state index in [9.17, 15) is 0 Å². The number of nitrogens with two attached hydrogens (primary N) is 1. The van der Waals surface area contributed by atoms with E-state index >= 15 is 0 Å². The molecule has 0 aromatic carbocycles. The molecule has 0 atom stereocenters. The summed E-state index contributed by atoms with van der Waals surface area (Å²) in [6.07, 6.45) is 5.75. The number of nitrogens with zero attached hydrogens (tertiary/aromatic N) is 1. The van der Waals surface area contributed by atoms with E-state index in [0.717, 1.165) is 5.82 Å². The van der Waals surface area contributed by atoms with Crippen molar-refractivity contribution in [2.45, 2.75) is 32.1 Å². The van der Waals surface area contributed by atoms with Crippen LogP contribution in [-0.2, 0) is 0 Å². The third-order valence-electron chi connectivity index (χ3n) is 2.63. The first-order valence-electron chi connectivity index (χ1n) is 4.49. The molecule has 12 heavy (non-hydrogen) atoms. The zero-order chi connectivity index (χ0) is 8.55. The van der Waals surface area contributed by atoms with Gasteiger partial charge in [0, 0.05) is 6.20 Å². The average Bonchev–Trinajstić information content (AvgIpc) is 1.93. The van der Waals surface area contributed by atoms with E-state index in [4.69, 9.17) is 5.73 Å². The third-order valence-corrected chi connectivity index (χ3v) is 2.63. The summed E-state index contributed by atoms with van der Waals surface area (Å²) in [7, 11) is 0. The van der Waals surface area contributed by atoms with Crippen molar-refractivity contribution in [3.05, 3.63) is 23.4 Å². The van der Waals surface area contributed by atoms with Crippen LogP contribution in [0.5, 0.6) is 0 Å². The van der Waals surface area contributed by atoms with Gasteiger partial charge in [-0.25, -0.2) is 4.98 Å². The molecule has 0 amide bonds. The van der Waals surface area contributed by atoms with E-state index < -0.39 is 0 Å². The molecular weight excluding hydrogens is 148 g/mol. The minimum Gasteiger partial charge on any atom is -0.383 e. The molecule has 2 heteroatoms. The highest BCUT2D eigenvalue weighted by Gasteiger charge is 2.21. The predicted octanol–water partition coefficient (Wildman–Crippen LogP) is 2.24. The Hall–Kier alpha value is -1.05. The van der Waals surface area contributed by atoms with Gasteiger partial charge in [-0.05, 0) is 36.8 Å². The quantitative estimate of drug-likeness (QED) is 0.687. The maximum atomic E-state index is 5.79. The molecule has 1 aliphatic carbocycles. The fourth-order valence-electron chi connectivity index (χ4n) is 1.65. The molecule has 0 saturated heterocycles. The van der Waals surface area contributed by atoms with Crippen LogP contribution in [0.15, 0.2) is 12.3 Å². The first-order chi connectivity index (χ1) is 5.77. The SMILES string of the molecule is Cc1cnc(N)c(C2CCC2)c1. The minimum absolute atomic E-state index is 0.692. The molecule has 1 saturated carbocycles. The zero-order valence-corrected chi connectivity index (χ0v) is 7.38. The van der Waals surface area contributed by atoms with E-state index in [1.165, 1.54) is 30.4 Å². The molecule has 1 aliphatic rings. The number of hydrogen-bond acceptors (Lipinski definition) is 2. The summed E-state index contributed by atoms with van der Waals surface area (Å²) >= 11 is 0. The number of aryl methyl sites for hydroxylation is 1. The lowest BCUT2D eigenvalue weighted by Crippen LogP contribution is -2.12. The topological polar surface area (TPSA) is 38.9 Å². The maximum absolute atomic E-state index is 5.79. The summed E-state index contributed by atoms with van der Waals surface area (Å²) in [6, 6.07) is 2.17. The van der Waals surface area contributed by atoms with Crippen LogP contribution in [0.3, 0.4) is 0 Å². The Bertz CT molecular complexity index is 290. The van der Waals surface area contributed by atoms with Crippen molar-refractivity contribution in [2.24, 2.45) is 0 Å². The predicted molar refractivity (Wildman–Crippen MR) is 50.0 cm³/mol. The van der Waals surface area contributed by atoms with Crippen LogP contribution in [0.25, 0.3) is 0 Å². The molecule has 1 heterocycles. The summed E-state index contributed by atoms with van der Waals surface area (Å²) in [5, 5.41) is 0. The van der Waals surface area contributed by atoms with Crippen LogP contribution in [0.1, 0.15) is 36.3 Å². The summed E-state index contributed by atoms with van der Waals surface area (Å²) in [5.74, 6) is 1.42. The van der Waals surface area contributed by atoms with Crippen LogP contribution in [0.2, 0.25) is 0 Å². The van der Waals surface area contributed by atoms with E-state index in [2.05, 4.69) is 18.0 Å². The molecule has 0 spiro atoms. The normalized spacial score (nSPS) is 17.4. The fraction of sp³-hybridized carbons (Fsp3) is 0.500. The van der Waals surface area contributed by atoms with Crippen molar-refractivity contribution in [3.63, 3.8) is 0 Å². The van der Waals surface area contributed by atoms with Gasteiger partial charge < -0.3 is 5.73 Å². The van der Waals surface area contributed by atoms with Gasteiger partial charge in [0.05, 0.1) is 0 Å². The Balaban J connectivity index is 2.34. The van der Waals surface area contributed by atoms with Gasteiger partial charge in [0.25, 0.3) is 0 Å². The Morgan fingerprint density at radius 3 is 2.83 bits per heavy atom.